The fourth-order valence-electron chi connectivity index (χ4n) is 3.52. The van der Waals surface area contributed by atoms with Crippen molar-refractivity contribution in [2.45, 2.75) is 13.5 Å². The molecule has 0 aliphatic carbocycles. The van der Waals surface area contributed by atoms with Gasteiger partial charge in [0.25, 0.3) is 5.91 Å². The van der Waals surface area contributed by atoms with Gasteiger partial charge in [-0.2, -0.15) is 5.10 Å². The van der Waals surface area contributed by atoms with Gasteiger partial charge >= 0.3 is 0 Å². The number of aryl methyl sites for hydroxylation is 1. The van der Waals surface area contributed by atoms with Crippen LogP contribution in [0.3, 0.4) is 0 Å². The topological polar surface area (TPSA) is 85.8 Å². The van der Waals surface area contributed by atoms with Crippen molar-refractivity contribution >= 4 is 22.6 Å². The summed E-state index contributed by atoms with van der Waals surface area (Å²) >= 11 is 0. The minimum atomic E-state index is -0.357. The first-order valence-electron chi connectivity index (χ1n) is 9.95. The molecule has 32 heavy (non-hydrogen) atoms. The number of rotatable bonds is 5. The second-order valence-corrected chi connectivity index (χ2v) is 7.33. The number of fused-ring (bicyclic) bond motifs is 1. The lowest BCUT2D eigenvalue weighted by Crippen LogP contribution is -2.14. The Kier molecular flexibility index (Phi) is 4.95. The maximum Gasteiger partial charge on any atom is 0.256 e. The van der Waals surface area contributed by atoms with Crippen LogP contribution in [0.4, 0.5) is 10.1 Å². The van der Waals surface area contributed by atoms with Crippen LogP contribution in [0.2, 0.25) is 0 Å². The zero-order valence-corrected chi connectivity index (χ0v) is 17.1. The highest BCUT2D eigenvalue weighted by Crippen LogP contribution is 2.26. The third-order valence-electron chi connectivity index (χ3n) is 5.13. The second-order valence-electron chi connectivity index (χ2n) is 7.33. The van der Waals surface area contributed by atoms with Crippen LogP contribution in [0, 0.1) is 12.7 Å². The van der Waals surface area contributed by atoms with Crippen LogP contribution in [0.1, 0.15) is 21.7 Å². The van der Waals surface area contributed by atoms with Crippen molar-refractivity contribution in [1.29, 1.82) is 0 Å². The molecule has 4 heterocycles. The summed E-state index contributed by atoms with van der Waals surface area (Å²) < 4.78 is 20.6. The molecule has 8 heteroatoms. The summed E-state index contributed by atoms with van der Waals surface area (Å²) in [5.41, 5.74) is 3.48. The molecule has 0 spiro atoms. The van der Waals surface area contributed by atoms with Crippen molar-refractivity contribution in [2.75, 3.05) is 5.32 Å². The van der Waals surface area contributed by atoms with Crippen LogP contribution >= 0.6 is 0 Å². The van der Waals surface area contributed by atoms with Gasteiger partial charge in [-0.1, -0.05) is 0 Å². The third-order valence-corrected chi connectivity index (χ3v) is 5.13. The maximum absolute atomic E-state index is 13.5. The van der Waals surface area contributed by atoms with Crippen molar-refractivity contribution in [3.05, 3.63) is 96.1 Å². The second kappa shape index (κ2) is 8.07. The highest BCUT2D eigenvalue weighted by atomic mass is 19.1. The molecule has 5 aromatic rings. The summed E-state index contributed by atoms with van der Waals surface area (Å²) in [6.45, 7) is 2.11. The quantitative estimate of drug-likeness (QED) is 0.434. The average Bonchev–Trinajstić information content (AvgIpc) is 3.46. The number of nitrogens with zero attached hydrogens (tertiary/aromatic N) is 4. The van der Waals surface area contributed by atoms with Gasteiger partial charge in [0, 0.05) is 23.6 Å². The number of halogens is 1. The van der Waals surface area contributed by atoms with Gasteiger partial charge in [-0.3, -0.25) is 9.78 Å². The first-order chi connectivity index (χ1) is 15.6. The number of anilines is 1. The molecule has 0 aliphatic rings. The Labute approximate surface area is 182 Å². The molecule has 0 aliphatic heterocycles. The van der Waals surface area contributed by atoms with Crippen molar-refractivity contribution in [1.82, 2.24) is 19.7 Å². The molecule has 0 radical (unpaired) electrons. The Morgan fingerprint density at radius 3 is 2.81 bits per heavy atom. The fourth-order valence-corrected chi connectivity index (χ4v) is 3.52. The lowest BCUT2D eigenvalue weighted by Gasteiger charge is -2.11. The van der Waals surface area contributed by atoms with Gasteiger partial charge in [0.05, 0.1) is 29.1 Å². The van der Waals surface area contributed by atoms with Crippen molar-refractivity contribution in [3.63, 3.8) is 0 Å². The molecule has 0 saturated heterocycles. The van der Waals surface area contributed by atoms with E-state index in [2.05, 4.69) is 15.4 Å². The smallest absolute Gasteiger partial charge is 0.256 e. The monoisotopic (exact) mass is 427 g/mol. The predicted octanol–water partition coefficient (Wildman–Crippen LogP) is 4.83. The van der Waals surface area contributed by atoms with Crippen molar-refractivity contribution in [2.24, 2.45) is 0 Å². The molecule has 0 unspecified atom stereocenters. The van der Waals surface area contributed by atoms with E-state index in [9.17, 15) is 9.18 Å². The summed E-state index contributed by atoms with van der Waals surface area (Å²) in [6.07, 6.45) is 6.57. The molecule has 5 rings (SSSR count). The van der Waals surface area contributed by atoms with E-state index in [0.29, 0.717) is 40.1 Å². The molecular weight excluding hydrogens is 409 g/mol. The van der Waals surface area contributed by atoms with E-state index in [1.807, 2.05) is 18.2 Å². The maximum atomic E-state index is 13.5. The first kappa shape index (κ1) is 19.6. The van der Waals surface area contributed by atoms with Crippen LogP contribution in [0.15, 0.2) is 77.8 Å². The molecule has 1 aromatic carbocycles. The third kappa shape index (κ3) is 3.74. The number of hydrogen-bond acceptors (Lipinski definition) is 5. The van der Waals surface area contributed by atoms with E-state index in [1.165, 1.54) is 12.1 Å². The number of benzene rings is 1. The lowest BCUT2D eigenvalue weighted by atomic mass is 10.1. The number of carbonyl (C=O) groups is 1. The number of carbonyl (C=O) groups excluding carboxylic acids is 1. The number of hydrogen-bond donors (Lipinski definition) is 1. The van der Waals surface area contributed by atoms with E-state index < -0.39 is 0 Å². The van der Waals surface area contributed by atoms with Gasteiger partial charge < -0.3 is 9.73 Å². The minimum absolute atomic E-state index is 0.338. The Bertz CT molecular complexity index is 1410. The lowest BCUT2D eigenvalue weighted by molar-refractivity contribution is 0.102. The Hall–Kier alpha value is -4.33. The SMILES string of the molecule is Cc1cc(F)ccc1NC(=O)c1cc(-c2cccnc2)nc2c1cnn2Cc1ccco1. The van der Waals surface area contributed by atoms with Gasteiger partial charge in [0.1, 0.15) is 18.1 Å². The van der Waals surface area contributed by atoms with E-state index in [4.69, 9.17) is 9.40 Å². The van der Waals surface area contributed by atoms with Gasteiger partial charge in [-0.25, -0.2) is 14.1 Å². The Morgan fingerprint density at radius 2 is 2.06 bits per heavy atom. The largest absolute Gasteiger partial charge is 0.467 e. The number of pyridine rings is 2. The highest BCUT2D eigenvalue weighted by Gasteiger charge is 2.19. The predicted molar refractivity (Wildman–Crippen MR) is 118 cm³/mol. The zero-order valence-electron chi connectivity index (χ0n) is 17.1. The van der Waals surface area contributed by atoms with Gasteiger partial charge in [0.15, 0.2) is 5.65 Å². The first-order valence-corrected chi connectivity index (χ1v) is 9.95. The molecular formula is C24H18FN5O2. The average molecular weight is 427 g/mol. The van der Waals surface area contributed by atoms with Gasteiger partial charge in [-0.05, 0) is 61.0 Å². The molecule has 1 amide bonds. The van der Waals surface area contributed by atoms with Crippen molar-refractivity contribution in [3.8, 4) is 11.3 Å². The summed E-state index contributed by atoms with van der Waals surface area (Å²) in [5, 5.41) is 7.91. The normalized spacial score (nSPS) is 11.1. The Balaban J connectivity index is 1.61. The van der Waals surface area contributed by atoms with Crippen LogP contribution in [0.5, 0.6) is 0 Å². The summed E-state index contributed by atoms with van der Waals surface area (Å²) in [6, 6.07) is 13.3. The van der Waals surface area contributed by atoms with Crippen LogP contribution in [-0.4, -0.2) is 25.7 Å². The number of nitrogens with one attached hydrogen (secondary N) is 1. The summed E-state index contributed by atoms with van der Waals surface area (Å²) in [4.78, 5) is 22.2. The molecule has 0 bridgehead atoms. The molecule has 1 N–H and O–H groups in total. The number of aromatic nitrogens is 4. The zero-order chi connectivity index (χ0) is 22.1. The molecule has 158 valence electrons. The molecule has 0 fully saturated rings. The highest BCUT2D eigenvalue weighted by molar-refractivity contribution is 6.12. The van der Waals surface area contributed by atoms with E-state index in [-0.39, 0.29) is 11.7 Å². The van der Waals surface area contributed by atoms with E-state index >= 15 is 0 Å². The number of furan rings is 1. The van der Waals surface area contributed by atoms with Crippen LogP contribution in [0.25, 0.3) is 22.3 Å². The summed E-state index contributed by atoms with van der Waals surface area (Å²) in [7, 11) is 0. The van der Waals surface area contributed by atoms with Crippen molar-refractivity contribution < 1.29 is 13.6 Å². The molecule has 4 aromatic heterocycles. The van der Waals surface area contributed by atoms with Gasteiger partial charge in [-0.15, -0.1) is 0 Å². The molecule has 0 saturated carbocycles. The van der Waals surface area contributed by atoms with Crippen LogP contribution in [-0.2, 0) is 6.54 Å². The number of amides is 1. The van der Waals surface area contributed by atoms with Crippen LogP contribution < -0.4 is 5.32 Å². The Morgan fingerprint density at radius 1 is 1.16 bits per heavy atom. The van der Waals surface area contributed by atoms with Gasteiger partial charge in [0.2, 0.25) is 0 Å². The summed E-state index contributed by atoms with van der Waals surface area (Å²) in [5.74, 6) is 0.0242. The standard InChI is InChI=1S/C24H18FN5O2/c1-15-10-17(25)6-7-21(15)29-24(31)19-11-22(16-4-2-8-26-12-16)28-23-20(19)13-27-30(23)14-18-5-3-9-32-18/h2-13H,14H2,1H3,(H,29,31). The molecule has 7 nitrogen and oxygen atoms in total. The fraction of sp³-hybridized carbons (Fsp3) is 0.0833. The van der Waals surface area contributed by atoms with E-state index in [0.717, 1.165) is 11.3 Å². The molecule has 0 atom stereocenters. The van der Waals surface area contributed by atoms with E-state index in [1.54, 1.807) is 54.7 Å². The minimum Gasteiger partial charge on any atom is -0.467 e.